The Bertz CT molecular complexity index is 371. The third kappa shape index (κ3) is 3.05. The van der Waals surface area contributed by atoms with Gasteiger partial charge in [0.25, 0.3) is 0 Å². The van der Waals surface area contributed by atoms with E-state index in [2.05, 4.69) is 4.98 Å². The van der Waals surface area contributed by atoms with Crippen LogP contribution < -0.4 is 0 Å². The highest BCUT2D eigenvalue weighted by Gasteiger charge is 2.41. The molecule has 0 unspecified atom stereocenters. The van der Waals surface area contributed by atoms with E-state index in [1.54, 1.807) is 32.0 Å². The van der Waals surface area contributed by atoms with Crippen LogP contribution in [0, 0.1) is 0 Å². The molecule has 5 heteroatoms. The zero-order valence-corrected chi connectivity index (χ0v) is 9.01. The summed E-state index contributed by atoms with van der Waals surface area (Å²) in [5, 5.41) is 0. The summed E-state index contributed by atoms with van der Waals surface area (Å²) in [6, 6.07) is 4.97. The molecule has 1 aromatic rings. The molecule has 0 bridgehead atoms. The lowest BCUT2D eigenvalue weighted by molar-refractivity contribution is -0.172. The summed E-state index contributed by atoms with van der Waals surface area (Å²) >= 11 is 0. The number of alkyl halides is 3. The van der Waals surface area contributed by atoms with Crippen LogP contribution in [0.25, 0.3) is 0 Å². The third-order valence-electron chi connectivity index (χ3n) is 2.28. The summed E-state index contributed by atoms with van der Waals surface area (Å²) in [6.45, 7) is 3.14. The molecule has 88 valence electrons. The molecule has 0 amide bonds. The van der Waals surface area contributed by atoms with Crippen molar-refractivity contribution in [1.82, 2.24) is 4.98 Å². The number of nitrogens with zero attached hydrogens (tertiary/aromatic N) is 1. The van der Waals surface area contributed by atoms with Crippen molar-refractivity contribution in [3.8, 4) is 0 Å². The molecule has 0 aliphatic rings. The van der Waals surface area contributed by atoms with E-state index < -0.39 is 23.8 Å². The zero-order valence-electron chi connectivity index (χ0n) is 9.01. The molecule has 1 rings (SSSR count). The van der Waals surface area contributed by atoms with E-state index in [-0.39, 0.29) is 0 Å². The maximum atomic E-state index is 12.1. The van der Waals surface area contributed by atoms with Gasteiger partial charge in [-0.05, 0) is 12.1 Å². The topological polar surface area (TPSA) is 30.0 Å². The summed E-state index contributed by atoms with van der Waals surface area (Å²) in [6.07, 6.45) is -3.87. The monoisotopic (exact) mass is 231 g/mol. The molecule has 0 N–H and O–H groups in total. The van der Waals surface area contributed by atoms with Crippen molar-refractivity contribution in [3.05, 3.63) is 30.1 Å². The molecule has 0 aliphatic heterocycles. The fraction of sp³-hybridized carbons (Fsp3) is 0.455. The molecule has 0 radical (unpaired) electrons. The highest BCUT2D eigenvalue weighted by atomic mass is 19.4. The van der Waals surface area contributed by atoms with E-state index in [4.69, 9.17) is 0 Å². The highest BCUT2D eigenvalue weighted by molar-refractivity contribution is 5.85. The van der Waals surface area contributed by atoms with E-state index in [9.17, 15) is 18.0 Å². The number of Topliss-reactive ketones (excluding diaryl/α,β-unsaturated/α-hetero) is 1. The number of pyridine rings is 1. The maximum absolute atomic E-state index is 12.1. The predicted molar refractivity (Wildman–Crippen MR) is 52.9 cm³/mol. The standard InChI is InChI=1S/C11H12F3NO/c1-10(2,7-9(16)11(12,13)14)8-5-3-4-6-15-8/h3-6H,7H2,1-2H3. The first-order chi connectivity index (χ1) is 7.23. The molecule has 1 aromatic heterocycles. The van der Waals surface area contributed by atoms with Crippen molar-refractivity contribution >= 4 is 5.78 Å². The molecular weight excluding hydrogens is 219 g/mol. The number of hydrogen-bond acceptors (Lipinski definition) is 2. The first kappa shape index (κ1) is 12.7. The molecular formula is C11H12F3NO. The van der Waals surface area contributed by atoms with Crippen LogP contribution in [0.3, 0.4) is 0 Å². The number of carbonyl (C=O) groups excluding carboxylic acids is 1. The SMILES string of the molecule is CC(C)(CC(=O)C(F)(F)F)c1ccccn1. The first-order valence-corrected chi connectivity index (χ1v) is 4.75. The van der Waals surface area contributed by atoms with Gasteiger partial charge in [-0.25, -0.2) is 0 Å². The van der Waals surface area contributed by atoms with Crippen LogP contribution in [0.4, 0.5) is 13.2 Å². The Kier molecular flexibility index (Phi) is 3.35. The molecule has 0 saturated heterocycles. The number of hydrogen-bond donors (Lipinski definition) is 0. The van der Waals surface area contributed by atoms with Crippen molar-refractivity contribution < 1.29 is 18.0 Å². The van der Waals surface area contributed by atoms with Crippen LogP contribution in [-0.4, -0.2) is 16.9 Å². The molecule has 1 heterocycles. The van der Waals surface area contributed by atoms with Gasteiger partial charge in [0, 0.05) is 23.7 Å². The third-order valence-corrected chi connectivity index (χ3v) is 2.28. The second kappa shape index (κ2) is 4.23. The number of halogens is 3. The Balaban J connectivity index is 2.85. The van der Waals surface area contributed by atoms with Gasteiger partial charge in [-0.3, -0.25) is 9.78 Å². The average molecular weight is 231 g/mol. The summed E-state index contributed by atoms with van der Waals surface area (Å²) in [5.74, 6) is -1.72. The molecule has 0 atom stereocenters. The lowest BCUT2D eigenvalue weighted by Gasteiger charge is -2.23. The van der Waals surface area contributed by atoms with Crippen molar-refractivity contribution in [3.63, 3.8) is 0 Å². The quantitative estimate of drug-likeness (QED) is 0.800. The van der Waals surface area contributed by atoms with E-state index in [1.165, 1.54) is 6.20 Å². The van der Waals surface area contributed by atoms with Crippen LogP contribution in [0.15, 0.2) is 24.4 Å². The second-order valence-electron chi connectivity index (χ2n) is 4.20. The van der Waals surface area contributed by atoms with E-state index in [0.29, 0.717) is 5.69 Å². The van der Waals surface area contributed by atoms with Crippen molar-refractivity contribution in [2.45, 2.75) is 31.9 Å². The first-order valence-electron chi connectivity index (χ1n) is 4.75. The zero-order chi connectivity index (χ0) is 12.4. The fourth-order valence-electron chi connectivity index (χ4n) is 1.36. The minimum absolute atomic E-state index is 0.479. The van der Waals surface area contributed by atoms with Gasteiger partial charge in [0.2, 0.25) is 5.78 Å². The summed E-state index contributed by atoms with van der Waals surface area (Å²) in [4.78, 5) is 14.9. The summed E-state index contributed by atoms with van der Waals surface area (Å²) in [7, 11) is 0. The molecule has 16 heavy (non-hydrogen) atoms. The van der Waals surface area contributed by atoms with E-state index in [1.807, 2.05) is 0 Å². The average Bonchev–Trinajstić information content (AvgIpc) is 2.17. The number of rotatable bonds is 3. The fourth-order valence-corrected chi connectivity index (χ4v) is 1.36. The number of carbonyl (C=O) groups is 1. The minimum atomic E-state index is -4.77. The Hall–Kier alpha value is -1.39. The van der Waals surface area contributed by atoms with Gasteiger partial charge in [-0.1, -0.05) is 19.9 Å². The Morgan fingerprint density at radius 1 is 1.31 bits per heavy atom. The molecule has 0 aliphatic carbocycles. The Labute approximate surface area is 91.5 Å². The van der Waals surface area contributed by atoms with Gasteiger partial charge in [0.1, 0.15) is 0 Å². The normalized spacial score (nSPS) is 12.6. The van der Waals surface area contributed by atoms with Gasteiger partial charge in [-0.15, -0.1) is 0 Å². The van der Waals surface area contributed by atoms with Gasteiger partial charge in [-0.2, -0.15) is 13.2 Å². The summed E-state index contributed by atoms with van der Waals surface area (Å²) < 4.78 is 36.4. The van der Waals surface area contributed by atoms with Crippen LogP contribution in [0.5, 0.6) is 0 Å². The molecule has 0 spiro atoms. The Morgan fingerprint density at radius 2 is 1.94 bits per heavy atom. The van der Waals surface area contributed by atoms with Crippen LogP contribution in [-0.2, 0) is 10.2 Å². The minimum Gasteiger partial charge on any atom is -0.290 e. The lowest BCUT2D eigenvalue weighted by Crippen LogP contribution is -2.31. The van der Waals surface area contributed by atoms with Crippen molar-refractivity contribution in [2.75, 3.05) is 0 Å². The summed E-state index contributed by atoms with van der Waals surface area (Å²) in [5.41, 5.74) is -0.430. The highest BCUT2D eigenvalue weighted by Crippen LogP contribution is 2.29. The maximum Gasteiger partial charge on any atom is 0.450 e. The molecule has 0 saturated carbocycles. The predicted octanol–water partition coefficient (Wildman–Crippen LogP) is 2.88. The van der Waals surface area contributed by atoms with Gasteiger partial charge >= 0.3 is 6.18 Å². The van der Waals surface area contributed by atoms with Crippen molar-refractivity contribution in [1.29, 1.82) is 0 Å². The Morgan fingerprint density at radius 3 is 2.38 bits per heavy atom. The number of ketones is 1. The molecule has 0 fully saturated rings. The van der Waals surface area contributed by atoms with E-state index in [0.717, 1.165) is 0 Å². The molecule has 0 aromatic carbocycles. The lowest BCUT2D eigenvalue weighted by atomic mass is 9.83. The van der Waals surface area contributed by atoms with Gasteiger partial charge in [0.15, 0.2) is 0 Å². The van der Waals surface area contributed by atoms with Gasteiger partial charge < -0.3 is 0 Å². The van der Waals surface area contributed by atoms with Crippen molar-refractivity contribution in [2.24, 2.45) is 0 Å². The van der Waals surface area contributed by atoms with Crippen LogP contribution >= 0.6 is 0 Å². The second-order valence-corrected chi connectivity index (χ2v) is 4.20. The van der Waals surface area contributed by atoms with Crippen LogP contribution in [0.2, 0.25) is 0 Å². The smallest absolute Gasteiger partial charge is 0.290 e. The molecule has 2 nitrogen and oxygen atoms in total. The van der Waals surface area contributed by atoms with Crippen LogP contribution in [0.1, 0.15) is 26.0 Å². The van der Waals surface area contributed by atoms with E-state index >= 15 is 0 Å². The van der Waals surface area contributed by atoms with Gasteiger partial charge in [0.05, 0.1) is 0 Å². The largest absolute Gasteiger partial charge is 0.450 e. The number of aromatic nitrogens is 1.